The fourth-order valence-electron chi connectivity index (χ4n) is 4.95. The van der Waals surface area contributed by atoms with Crippen LogP contribution in [0, 0.1) is 5.92 Å². The molecule has 1 fully saturated rings. The molecule has 2 amide bonds. The molecule has 0 bridgehead atoms. The van der Waals surface area contributed by atoms with Gasteiger partial charge in [0, 0.05) is 19.0 Å². The van der Waals surface area contributed by atoms with Crippen LogP contribution in [0.2, 0.25) is 0 Å². The topological polar surface area (TPSA) is 114 Å². The molecule has 0 radical (unpaired) electrons. The maximum Gasteiger partial charge on any atom is 0.261 e. The number of carbonyl (C=O) groups excluding carboxylic acids is 2. The van der Waals surface area contributed by atoms with Gasteiger partial charge in [-0.3, -0.25) is 14.5 Å². The summed E-state index contributed by atoms with van der Waals surface area (Å²) in [7, 11) is 0. The van der Waals surface area contributed by atoms with Gasteiger partial charge >= 0.3 is 0 Å². The largest absolute Gasteiger partial charge is 0.369 e. The van der Waals surface area contributed by atoms with E-state index in [-0.39, 0.29) is 23.7 Å². The average Bonchev–Trinajstić information content (AvgIpc) is 3.50. The molecule has 2 aromatic rings. The van der Waals surface area contributed by atoms with Gasteiger partial charge in [-0.1, -0.05) is 74.5 Å². The van der Waals surface area contributed by atoms with Gasteiger partial charge in [0.15, 0.2) is 11.5 Å². The Balaban J connectivity index is 1.29. The van der Waals surface area contributed by atoms with E-state index in [2.05, 4.69) is 19.2 Å². The quantitative estimate of drug-likeness (QED) is 0.433. The zero-order valence-corrected chi connectivity index (χ0v) is 20.7. The van der Waals surface area contributed by atoms with Crippen molar-refractivity contribution in [2.45, 2.75) is 62.9 Å². The lowest BCUT2D eigenvalue weighted by molar-refractivity contribution is -0.132. The molecule has 1 unspecified atom stereocenters. The summed E-state index contributed by atoms with van der Waals surface area (Å²) >= 11 is 0. The lowest BCUT2D eigenvalue weighted by atomic mass is 9.83. The van der Waals surface area contributed by atoms with E-state index in [1.165, 1.54) is 0 Å². The molecule has 2 aromatic carbocycles. The van der Waals surface area contributed by atoms with Crippen molar-refractivity contribution in [3.63, 3.8) is 0 Å². The Morgan fingerprint density at radius 3 is 2.43 bits per heavy atom. The summed E-state index contributed by atoms with van der Waals surface area (Å²) in [6.45, 7) is 5.27. The molecular weight excluding hydrogens is 438 g/mol. The molecule has 2 aliphatic rings. The van der Waals surface area contributed by atoms with Gasteiger partial charge in [-0.25, -0.2) is 4.99 Å². The van der Waals surface area contributed by atoms with Crippen molar-refractivity contribution in [3.8, 4) is 0 Å². The van der Waals surface area contributed by atoms with E-state index in [1.807, 2.05) is 60.7 Å². The second-order valence-electron chi connectivity index (χ2n) is 10.3. The number of nitrogens with two attached hydrogens (primary N) is 2. The molecule has 3 atom stereocenters. The number of unbranched alkanes of at least 4 members (excludes halogenated alkanes) is 1. The van der Waals surface area contributed by atoms with Crippen LogP contribution >= 0.6 is 0 Å². The first kappa shape index (κ1) is 24.9. The number of rotatable bonds is 11. The first-order valence-corrected chi connectivity index (χ1v) is 12.6. The molecule has 7 nitrogen and oxygen atoms in total. The van der Waals surface area contributed by atoms with Crippen LogP contribution in [-0.2, 0) is 15.1 Å². The summed E-state index contributed by atoms with van der Waals surface area (Å²) in [4.78, 5) is 32.6. The van der Waals surface area contributed by atoms with E-state index in [9.17, 15) is 9.59 Å². The van der Waals surface area contributed by atoms with Gasteiger partial charge in [0.25, 0.3) is 5.91 Å². The number of carbonyl (C=O) groups is 2. The highest BCUT2D eigenvalue weighted by Gasteiger charge is 2.57. The number of aliphatic imine (C=N–C) groups is 1. The number of hydrogen-bond acceptors (Lipinski definition) is 5. The highest BCUT2D eigenvalue weighted by Crippen LogP contribution is 2.49. The Kier molecular flexibility index (Phi) is 7.26. The predicted molar refractivity (Wildman–Crippen MR) is 138 cm³/mol. The molecule has 0 spiro atoms. The lowest BCUT2D eigenvalue weighted by Crippen LogP contribution is -2.45. The van der Waals surface area contributed by atoms with E-state index >= 15 is 0 Å². The van der Waals surface area contributed by atoms with Crippen LogP contribution in [0.15, 0.2) is 65.7 Å². The van der Waals surface area contributed by atoms with Crippen molar-refractivity contribution in [2.75, 3.05) is 13.1 Å². The van der Waals surface area contributed by atoms with Crippen molar-refractivity contribution in [3.05, 3.63) is 71.8 Å². The van der Waals surface area contributed by atoms with Crippen molar-refractivity contribution >= 4 is 17.8 Å². The second kappa shape index (κ2) is 10.2. The summed E-state index contributed by atoms with van der Waals surface area (Å²) in [5, 5.41) is 2.98. The van der Waals surface area contributed by atoms with E-state index in [1.54, 1.807) is 4.90 Å². The predicted octanol–water partition coefficient (Wildman–Crippen LogP) is 3.26. The maximum atomic E-state index is 13.6. The molecule has 7 heteroatoms. The Bertz CT molecular complexity index is 1070. The van der Waals surface area contributed by atoms with Crippen LogP contribution in [0.4, 0.5) is 0 Å². The zero-order chi connectivity index (χ0) is 25.1. The van der Waals surface area contributed by atoms with Crippen LogP contribution in [-0.4, -0.2) is 41.3 Å². The third-order valence-corrected chi connectivity index (χ3v) is 7.24. The van der Waals surface area contributed by atoms with E-state index in [4.69, 9.17) is 16.5 Å². The molecule has 186 valence electrons. The standard InChI is InChI=1S/C28H37N5O2/c1-20(2)15-16-28(22-13-7-4-8-14-22)25(35)33(26(29)32-28)18-10-9-17-31-24(34)27(30)19-23(27)21-11-5-3-6-12-21/h3-8,11-14,20,23H,9-10,15-19,30H2,1-2H3,(H2,29,32)(H,31,34)/t23-,27-,28?/m1/s1. The molecular formula is C28H37N5O2. The highest BCUT2D eigenvalue weighted by molar-refractivity contribution is 6.07. The Labute approximate surface area is 208 Å². The fraction of sp³-hybridized carbons (Fsp3) is 0.464. The normalized spacial score (nSPS) is 25.6. The minimum atomic E-state index is -0.950. The number of guanidine groups is 1. The van der Waals surface area contributed by atoms with Crippen LogP contribution in [0.1, 0.15) is 63.0 Å². The van der Waals surface area contributed by atoms with Gasteiger partial charge in [0.05, 0.1) is 0 Å². The molecule has 1 aliphatic carbocycles. The molecule has 5 N–H and O–H groups in total. The average molecular weight is 476 g/mol. The number of benzene rings is 2. The smallest absolute Gasteiger partial charge is 0.261 e. The molecule has 35 heavy (non-hydrogen) atoms. The molecule has 1 heterocycles. The lowest BCUT2D eigenvalue weighted by Gasteiger charge is -2.27. The van der Waals surface area contributed by atoms with Gasteiger partial charge in [-0.05, 0) is 49.1 Å². The summed E-state index contributed by atoms with van der Waals surface area (Å²) in [6, 6.07) is 19.6. The maximum absolute atomic E-state index is 13.6. The van der Waals surface area contributed by atoms with Gasteiger partial charge in [-0.2, -0.15) is 0 Å². The van der Waals surface area contributed by atoms with E-state index in [0.29, 0.717) is 38.3 Å². The third-order valence-electron chi connectivity index (χ3n) is 7.24. The van der Waals surface area contributed by atoms with Crippen molar-refractivity contribution in [1.82, 2.24) is 10.2 Å². The van der Waals surface area contributed by atoms with Crippen LogP contribution in [0.3, 0.4) is 0 Å². The number of nitrogens with one attached hydrogen (secondary N) is 1. The van der Waals surface area contributed by atoms with Crippen molar-refractivity contribution in [1.29, 1.82) is 0 Å². The molecule has 1 saturated carbocycles. The first-order valence-electron chi connectivity index (χ1n) is 12.6. The van der Waals surface area contributed by atoms with Crippen LogP contribution in [0.5, 0.6) is 0 Å². The van der Waals surface area contributed by atoms with Crippen LogP contribution < -0.4 is 16.8 Å². The fourth-order valence-corrected chi connectivity index (χ4v) is 4.95. The molecule has 0 aromatic heterocycles. The Morgan fingerprint density at radius 2 is 1.77 bits per heavy atom. The highest BCUT2D eigenvalue weighted by atomic mass is 16.2. The van der Waals surface area contributed by atoms with Crippen LogP contribution in [0.25, 0.3) is 0 Å². The Hall–Kier alpha value is -3.19. The summed E-state index contributed by atoms with van der Waals surface area (Å²) in [5.74, 6) is 0.628. The number of hydrogen-bond donors (Lipinski definition) is 3. The second-order valence-corrected chi connectivity index (χ2v) is 10.3. The van der Waals surface area contributed by atoms with Gasteiger partial charge in [-0.15, -0.1) is 0 Å². The third kappa shape index (κ3) is 5.10. The van der Waals surface area contributed by atoms with Gasteiger partial charge in [0.2, 0.25) is 5.91 Å². The monoisotopic (exact) mass is 475 g/mol. The van der Waals surface area contributed by atoms with Crippen molar-refractivity contribution in [2.24, 2.45) is 22.4 Å². The van der Waals surface area contributed by atoms with E-state index < -0.39 is 11.1 Å². The molecule has 1 aliphatic heterocycles. The van der Waals surface area contributed by atoms with Gasteiger partial charge < -0.3 is 16.8 Å². The zero-order valence-electron chi connectivity index (χ0n) is 20.7. The summed E-state index contributed by atoms with van der Waals surface area (Å²) in [6.07, 6.45) is 3.59. The Morgan fingerprint density at radius 1 is 1.11 bits per heavy atom. The number of amides is 2. The molecule has 0 saturated heterocycles. The SMILES string of the molecule is CC(C)CCC1(c2ccccc2)N=C(N)N(CCCCNC(=O)[C@@]2(N)C[C@@H]2c2ccccc2)C1=O. The summed E-state index contributed by atoms with van der Waals surface area (Å²) in [5.41, 5.74) is 12.8. The summed E-state index contributed by atoms with van der Waals surface area (Å²) < 4.78 is 0. The van der Waals surface area contributed by atoms with Crippen molar-refractivity contribution < 1.29 is 9.59 Å². The van der Waals surface area contributed by atoms with Gasteiger partial charge in [0.1, 0.15) is 5.54 Å². The molecule has 4 rings (SSSR count). The number of nitrogens with zero attached hydrogens (tertiary/aromatic N) is 2. The minimum Gasteiger partial charge on any atom is -0.369 e. The first-order chi connectivity index (χ1) is 16.8. The van der Waals surface area contributed by atoms with E-state index in [0.717, 1.165) is 24.0 Å². The minimum absolute atomic E-state index is 0.0597.